The highest BCUT2D eigenvalue weighted by Gasteiger charge is 2.35. The van der Waals surface area contributed by atoms with Crippen molar-refractivity contribution >= 4 is 11.8 Å². The molecule has 0 aromatic rings. The zero-order valence-electron chi connectivity index (χ0n) is 27.5. The minimum atomic E-state index is -1.64. The summed E-state index contributed by atoms with van der Waals surface area (Å²) in [5.74, 6) is -2.30. The lowest BCUT2D eigenvalue weighted by atomic mass is 9.98. The van der Waals surface area contributed by atoms with Gasteiger partial charge in [-0.15, -0.1) is 0 Å². The number of ether oxygens (including phenoxy) is 2. The number of aliphatic hydroxyl groups is 5. The highest BCUT2D eigenvalue weighted by atomic mass is 16.7. The number of hydrogen-bond acceptors (Lipinski definition) is 9. The maximum Gasteiger partial charge on any atom is 0.336 e. The summed E-state index contributed by atoms with van der Waals surface area (Å²) in [6, 6.07) is 0. The Bertz CT molecular complexity index is 842. The fraction of sp³-hybridized carbons (Fsp3) is 0.886. The largest absolute Gasteiger partial charge is 0.426 e. The van der Waals surface area contributed by atoms with E-state index in [0.29, 0.717) is 44.9 Å². The average Bonchev–Trinajstić information content (AvgIpc) is 3.55. The molecular formula is C35H62O9. The zero-order valence-corrected chi connectivity index (χ0v) is 27.5. The zero-order chi connectivity index (χ0) is 32.4. The van der Waals surface area contributed by atoms with E-state index in [4.69, 9.17) is 9.47 Å². The number of ketones is 1. The molecule has 1 saturated heterocycles. The van der Waals surface area contributed by atoms with Crippen LogP contribution in [0.25, 0.3) is 0 Å². The van der Waals surface area contributed by atoms with Gasteiger partial charge in [0.25, 0.3) is 0 Å². The first-order chi connectivity index (χ1) is 21.0. The van der Waals surface area contributed by atoms with Crippen LogP contribution in [-0.2, 0) is 19.1 Å². The Morgan fingerprint density at radius 3 is 1.86 bits per heavy atom. The van der Waals surface area contributed by atoms with Crippen LogP contribution in [-0.4, -0.2) is 79.7 Å². The fourth-order valence-corrected chi connectivity index (χ4v) is 6.36. The van der Waals surface area contributed by atoms with Gasteiger partial charge in [-0.2, -0.15) is 0 Å². The van der Waals surface area contributed by atoms with E-state index in [9.17, 15) is 35.1 Å². The van der Waals surface area contributed by atoms with E-state index in [0.717, 1.165) is 32.1 Å². The molecule has 9 nitrogen and oxygen atoms in total. The first kappa shape index (κ1) is 38.8. The second-order valence-corrected chi connectivity index (χ2v) is 13.4. The van der Waals surface area contributed by atoms with Gasteiger partial charge in [-0.25, -0.2) is 4.79 Å². The smallest absolute Gasteiger partial charge is 0.336 e. The number of carbonyl (C=O) groups excluding carboxylic acids is 2. The highest BCUT2D eigenvalue weighted by molar-refractivity contribution is 5.91. The Labute approximate surface area is 265 Å². The Morgan fingerprint density at radius 1 is 0.795 bits per heavy atom. The number of cyclic esters (lactones) is 1. The van der Waals surface area contributed by atoms with Crippen LogP contribution < -0.4 is 0 Å². The number of carbonyl (C=O) groups is 2. The van der Waals surface area contributed by atoms with Crippen molar-refractivity contribution in [1.82, 2.24) is 0 Å². The molecule has 0 bridgehead atoms. The van der Waals surface area contributed by atoms with Crippen molar-refractivity contribution in [3.8, 4) is 0 Å². The third kappa shape index (κ3) is 16.3. The maximum absolute atomic E-state index is 12.3. The Balaban J connectivity index is 1.46. The Morgan fingerprint density at radius 2 is 1.32 bits per heavy atom. The van der Waals surface area contributed by atoms with Gasteiger partial charge < -0.3 is 35.0 Å². The van der Waals surface area contributed by atoms with Crippen LogP contribution >= 0.6 is 0 Å². The summed E-state index contributed by atoms with van der Waals surface area (Å²) in [6.45, 7) is 3.59. The molecule has 0 amide bonds. The number of rotatable bonds is 26. The molecule has 2 rings (SSSR count). The predicted molar refractivity (Wildman–Crippen MR) is 170 cm³/mol. The molecule has 2 aliphatic rings. The Hall–Kier alpha value is -1.36. The quantitative estimate of drug-likeness (QED) is 0.0613. The third-order valence-corrected chi connectivity index (χ3v) is 9.00. The van der Waals surface area contributed by atoms with Crippen LogP contribution in [0.5, 0.6) is 0 Å². The number of esters is 1. The second-order valence-electron chi connectivity index (χ2n) is 13.4. The van der Waals surface area contributed by atoms with E-state index < -0.39 is 36.2 Å². The molecule has 0 aromatic carbocycles. The molecule has 0 radical (unpaired) electrons. The summed E-state index contributed by atoms with van der Waals surface area (Å²) in [6.07, 6.45) is 16.6. The number of unbranched alkanes of at least 4 members (excludes halogenated alkanes) is 10. The number of hydrogen-bond donors (Lipinski definition) is 5. The molecule has 1 fully saturated rings. The van der Waals surface area contributed by atoms with Crippen molar-refractivity contribution in [3.05, 3.63) is 11.6 Å². The standard InChI is InChI=1S/C35H62O9/c1-3-4-5-6-7-8-9-10-11-12-19-30(39)32-21-22-33(43-32)31(40)20-14-13-16-28(37)24-29(38)18-15-17-27(36)23-26-25-35(2,42)44-34(26)41/h25,27,29-33,36,38-40,42H,3-24H2,1-2H3/t27-,29-,30+,31-,32-,33-,35?/m1/s1. The molecule has 9 heteroatoms. The van der Waals surface area contributed by atoms with Gasteiger partial charge in [-0.3, -0.25) is 4.79 Å². The van der Waals surface area contributed by atoms with E-state index in [-0.39, 0.29) is 36.4 Å². The van der Waals surface area contributed by atoms with Crippen LogP contribution in [0.15, 0.2) is 11.6 Å². The van der Waals surface area contributed by atoms with Crippen LogP contribution in [0.1, 0.15) is 155 Å². The number of aliphatic hydroxyl groups excluding tert-OH is 4. The summed E-state index contributed by atoms with van der Waals surface area (Å²) < 4.78 is 10.8. The molecule has 1 unspecified atom stereocenters. The fourth-order valence-electron chi connectivity index (χ4n) is 6.36. The molecule has 0 aliphatic carbocycles. The molecule has 7 atom stereocenters. The van der Waals surface area contributed by atoms with Crippen LogP contribution in [0.4, 0.5) is 0 Å². The van der Waals surface area contributed by atoms with Crippen molar-refractivity contribution < 1.29 is 44.6 Å². The molecule has 0 spiro atoms. The van der Waals surface area contributed by atoms with Crippen LogP contribution in [0.2, 0.25) is 0 Å². The second kappa shape index (κ2) is 21.4. The van der Waals surface area contributed by atoms with Gasteiger partial charge in [-0.05, 0) is 57.4 Å². The summed E-state index contributed by atoms with van der Waals surface area (Å²) in [7, 11) is 0. The first-order valence-electron chi connectivity index (χ1n) is 17.6. The molecule has 2 aliphatic heterocycles. The number of Topliss-reactive ketones (excluding diaryl/α,β-unsaturated/α-hetero) is 1. The normalized spacial score (nSPS) is 24.6. The van der Waals surface area contributed by atoms with E-state index >= 15 is 0 Å². The van der Waals surface area contributed by atoms with Gasteiger partial charge in [0.05, 0.1) is 36.6 Å². The maximum atomic E-state index is 12.3. The molecule has 0 saturated carbocycles. The van der Waals surface area contributed by atoms with Gasteiger partial charge in [0.15, 0.2) is 0 Å². The van der Waals surface area contributed by atoms with Gasteiger partial charge in [0.1, 0.15) is 5.78 Å². The molecule has 0 aromatic heterocycles. The molecule has 5 N–H and O–H groups in total. The van der Waals surface area contributed by atoms with E-state index in [2.05, 4.69) is 6.92 Å². The lowest BCUT2D eigenvalue weighted by Crippen LogP contribution is -2.31. The van der Waals surface area contributed by atoms with Crippen molar-refractivity contribution in [2.75, 3.05) is 0 Å². The van der Waals surface area contributed by atoms with Gasteiger partial charge >= 0.3 is 5.97 Å². The SMILES string of the molecule is CCCCCCCCCCCC[C@H](O)[C@H]1CC[C@H]([C@H](O)CCCCC(=O)C[C@H](O)CCC[C@@H](O)CC2=CC(C)(O)OC2=O)O1. The lowest BCUT2D eigenvalue weighted by molar-refractivity contribution is -0.173. The van der Waals surface area contributed by atoms with Crippen LogP contribution in [0.3, 0.4) is 0 Å². The van der Waals surface area contributed by atoms with Gasteiger partial charge in [0, 0.05) is 31.8 Å². The lowest BCUT2D eigenvalue weighted by Gasteiger charge is -2.22. The topological polar surface area (TPSA) is 154 Å². The van der Waals surface area contributed by atoms with E-state index in [1.54, 1.807) is 0 Å². The van der Waals surface area contributed by atoms with Gasteiger partial charge in [-0.1, -0.05) is 77.6 Å². The third-order valence-electron chi connectivity index (χ3n) is 9.00. The monoisotopic (exact) mass is 626 g/mol. The van der Waals surface area contributed by atoms with E-state index in [1.807, 2.05) is 0 Å². The minimum absolute atomic E-state index is 0.0269. The molecular weight excluding hydrogens is 564 g/mol. The van der Waals surface area contributed by atoms with Crippen molar-refractivity contribution in [2.45, 2.75) is 198 Å². The van der Waals surface area contributed by atoms with E-state index in [1.165, 1.54) is 64.4 Å². The summed E-state index contributed by atoms with van der Waals surface area (Å²) >= 11 is 0. The summed E-state index contributed by atoms with van der Waals surface area (Å²) in [5, 5.41) is 51.3. The van der Waals surface area contributed by atoms with Crippen molar-refractivity contribution in [3.63, 3.8) is 0 Å². The summed E-state index contributed by atoms with van der Waals surface area (Å²) in [4.78, 5) is 24.0. The first-order valence-corrected chi connectivity index (χ1v) is 17.6. The highest BCUT2D eigenvalue weighted by Crippen LogP contribution is 2.29. The summed E-state index contributed by atoms with van der Waals surface area (Å²) in [5.41, 5.74) is 0.236. The molecule has 256 valence electrons. The van der Waals surface area contributed by atoms with Crippen molar-refractivity contribution in [2.24, 2.45) is 0 Å². The minimum Gasteiger partial charge on any atom is -0.426 e. The van der Waals surface area contributed by atoms with Crippen molar-refractivity contribution in [1.29, 1.82) is 0 Å². The van der Waals surface area contributed by atoms with Crippen LogP contribution in [0, 0.1) is 0 Å². The van der Waals surface area contributed by atoms with Gasteiger partial charge in [0.2, 0.25) is 5.79 Å². The predicted octanol–water partition coefficient (Wildman–Crippen LogP) is 5.56. The molecule has 2 heterocycles. The average molecular weight is 627 g/mol. The molecule has 44 heavy (non-hydrogen) atoms. The Kier molecular flexibility index (Phi) is 18.9.